The van der Waals surface area contributed by atoms with Gasteiger partial charge in [0.2, 0.25) is 0 Å². The molecule has 3 rings (SSSR count). The second kappa shape index (κ2) is 6.54. The largest absolute Gasteiger partial charge is 0.444 e. The van der Waals surface area contributed by atoms with Crippen molar-refractivity contribution in [3.63, 3.8) is 0 Å². The van der Waals surface area contributed by atoms with Crippen LogP contribution in [0.15, 0.2) is 30.5 Å². The van der Waals surface area contributed by atoms with Gasteiger partial charge in [-0.2, -0.15) is 0 Å². The van der Waals surface area contributed by atoms with Crippen molar-refractivity contribution < 1.29 is 9.53 Å². The van der Waals surface area contributed by atoms with E-state index in [0.717, 1.165) is 24.0 Å². The fourth-order valence-corrected chi connectivity index (χ4v) is 3.38. The average molecular weight is 341 g/mol. The minimum atomic E-state index is -0.482. The fourth-order valence-electron chi connectivity index (χ4n) is 3.38. The van der Waals surface area contributed by atoms with Gasteiger partial charge in [-0.15, -0.1) is 0 Å². The first-order valence-electron chi connectivity index (χ1n) is 8.83. The van der Waals surface area contributed by atoms with Crippen LogP contribution < -0.4 is 10.2 Å². The predicted octanol–water partition coefficient (Wildman–Crippen LogP) is 3.89. The maximum absolute atomic E-state index is 12.1. The van der Waals surface area contributed by atoms with E-state index in [0.29, 0.717) is 5.92 Å². The van der Waals surface area contributed by atoms with Crippen LogP contribution in [0.25, 0.3) is 10.9 Å². The van der Waals surface area contributed by atoms with Gasteiger partial charge in [0.15, 0.2) is 0 Å². The monoisotopic (exact) mass is 341 g/mol. The number of amides is 1. The number of rotatable bonds is 2. The number of benzene rings is 1. The average Bonchev–Trinajstić information content (AvgIpc) is 2.86. The van der Waals surface area contributed by atoms with Crippen molar-refractivity contribution in [1.82, 2.24) is 10.3 Å². The number of hydrogen-bond donors (Lipinski definition) is 1. The lowest BCUT2D eigenvalue weighted by molar-refractivity contribution is 0.0499. The fraction of sp³-hybridized carbons (Fsp3) is 0.500. The van der Waals surface area contributed by atoms with Gasteiger partial charge in [0.25, 0.3) is 0 Å². The van der Waals surface area contributed by atoms with Crippen molar-refractivity contribution in [3.05, 3.63) is 36.0 Å². The van der Waals surface area contributed by atoms with E-state index in [9.17, 15) is 4.79 Å². The molecular formula is C20H27N3O2. The molecular weight excluding hydrogens is 314 g/mol. The minimum Gasteiger partial charge on any atom is -0.444 e. The van der Waals surface area contributed by atoms with Crippen LogP contribution in [0.4, 0.5) is 10.5 Å². The number of carbonyl (C=O) groups is 1. The van der Waals surface area contributed by atoms with E-state index in [2.05, 4.69) is 47.2 Å². The Balaban J connectivity index is 1.78. The quantitative estimate of drug-likeness (QED) is 0.900. The molecule has 134 valence electrons. The van der Waals surface area contributed by atoms with Crippen LogP contribution in [0.2, 0.25) is 0 Å². The number of aromatic nitrogens is 1. The van der Waals surface area contributed by atoms with Crippen molar-refractivity contribution >= 4 is 22.7 Å². The van der Waals surface area contributed by atoms with Crippen LogP contribution in [0, 0.1) is 12.8 Å². The number of fused-ring (bicyclic) bond motifs is 1. The number of nitrogens with one attached hydrogen (secondary N) is 1. The lowest BCUT2D eigenvalue weighted by Gasteiger charge is -2.23. The first-order chi connectivity index (χ1) is 11.7. The first-order valence-corrected chi connectivity index (χ1v) is 8.83. The highest BCUT2D eigenvalue weighted by Gasteiger charge is 2.32. The van der Waals surface area contributed by atoms with Crippen molar-refractivity contribution in [1.29, 1.82) is 0 Å². The Morgan fingerprint density at radius 2 is 2.04 bits per heavy atom. The number of aryl methyl sites for hydroxylation is 1. The van der Waals surface area contributed by atoms with Crippen molar-refractivity contribution in [3.8, 4) is 0 Å². The number of hydrogen-bond acceptors (Lipinski definition) is 4. The van der Waals surface area contributed by atoms with E-state index in [1.807, 2.05) is 33.0 Å². The van der Waals surface area contributed by atoms with Gasteiger partial charge in [-0.3, -0.25) is 4.98 Å². The van der Waals surface area contributed by atoms with Gasteiger partial charge in [0.1, 0.15) is 5.60 Å². The zero-order valence-electron chi connectivity index (χ0n) is 15.7. The van der Waals surface area contributed by atoms with Crippen LogP contribution >= 0.6 is 0 Å². The van der Waals surface area contributed by atoms with Gasteiger partial charge in [-0.1, -0.05) is 13.0 Å². The Morgan fingerprint density at radius 1 is 1.28 bits per heavy atom. The molecule has 1 saturated heterocycles. The molecule has 2 atom stereocenters. The van der Waals surface area contributed by atoms with Crippen LogP contribution in [-0.4, -0.2) is 35.8 Å². The van der Waals surface area contributed by atoms with Crippen LogP contribution in [0.3, 0.4) is 0 Å². The summed E-state index contributed by atoms with van der Waals surface area (Å²) >= 11 is 0. The van der Waals surface area contributed by atoms with Crippen LogP contribution in [-0.2, 0) is 4.74 Å². The standard InChI is InChI=1S/C20H27N3O2/c1-13-8-9-17(15-7-6-10-21-18(13)15)23-11-14(2)16(12-23)22-19(24)25-20(3,4)5/h6-10,14,16H,11-12H2,1-5H3,(H,22,24). The number of carbonyl (C=O) groups excluding carboxylic acids is 1. The smallest absolute Gasteiger partial charge is 0.407 e. The Hall–Kier alpha value is -2.30. The molecule has 1 aromatic carbocycles. The first kappa shape index (κ1) is 17.5. The van der Waals surface area contributed by atoms with Gasteiger partial charge in [0, 0.05) is 30.4 Å². The zero-order valence-corrected chi connectivity index (χ0v) is 15.7. The normalized spacial score (nSPS) is 20.8. The molecule has 0 bridgehead atoms. The molecule has 25 heavy (non-hydrogen) atoms. The van der Waals surface area contributed by atoms with Gasteiger partial charge in [-0.25, -0.2) is 4.79 Å². The summed E-state index contributed by atoms with van der Waals surface area (Å²) in [6.45, 7) is 11.5. The van der Waals surface area contributed by atoms with E-state index >= 15 is 0 Å². The molecule has 1 amide bonds. The molecule has 1 aliphatic heterocycles. The molecule has 1 fully saturated rings. The van der Waals surface area contributed by atoms with Crippen LogP contribution in [0.1, 0.15) is 33.3 Å². The molecule has 0 saturated carbocycles. The van der Waals surface area contributed by atoms with Gasteiger partial charge in [0.05, 0.1) is 11.6 Å². The highest BCUT2D eigenvalue weighted by molar-refractivity contribution is 5.93. The number of pyridine rings is 1. The number of anilines is 1. The van der Waals surface area contributed by atoms with Crippen LogP contribution in [0.5, 0.6) is 0 Å². The molecule has 5 nitrogen and oxygen atoms in total. The molecule has 0 aliphatic carbocycles. The molecule has 1 aliphatic rings. The van der Waals surface area contributed by atoms with E-state index in [4.69, 9.17) is 4.74 Å². The Morgan fingerprint density at radius 3 is 2.76 bits per heavy atom. The summed E-state index contributed by atoms with van der Waals surface area (Å²) in [4.78, 5) is 19.0. The van der Waals surface area contributed by atoms with Crippen molar-refractivity contribution in [2.75, 3.05) is 18.0 Å². The lowest BCUT2D eigenvalue weighted by Crippen LogP contribution is -2.42. The Labute approximate surface area is 149 Å². The maximum atomic E-state index is 12.1. The highest BCUT2D eigenvalue weighted by Crippen LogP contribution is 2.31. The SMILES string of the molecule is Cc1ccc(N2CC(C)C(NC(=O)OC(C)(C)C)C2)c2cccnc12. The molecule has 2 heterocycles. The van der Waals surface area contributed by atoms with E-state index in [1.54, 1.807) is 0 Å². The second-order valence-corrected chi connectivity index (χ2v) is 7.94. The van der Waals surface area contributed by atoms with Gasteiger partial charge in [-0.05, 0) is 57.4 Å². The molecule has 5 heteroatoms. The zero-order chi connectivity index (χ0) is 18.2. The topological polar surface area (TPSA) is 54.5 Å². The molecule has 0 radical (unpaired) electrons. The van der Waals surface area contributed by atoms with E-state index in [1.165, 1.54) is 11.3 Å². The van der Waals surface area contributed by atoms with Gasteiger partial charge < -0.3 is 15.0 Å². The summed E-state index contributed by atoms with van der Waals surface area (Å²) in [5, 5.41) is 4.19. The molecule has 0 spiro atoms. The third kappa shape index (κ3) is 3.86. The number of ether oxygens (including phenoxy) is 1. The summed E-state index contributed by atoms with van der Waals surface area (Å²) in [7, 11) is 0. The Bertz CT molecular complexity index is 782. The number of nitrogens with zero attached hydrogens (tertiary/aromatic N) is 2. The summed E-state index contributed by atoms with van der Waals surface area (Å²) < 4.78 is 5.40. The summed E-state index contributed by atoms with van der Waals surface area (Å²) in [5.74, 6) is 0.348. The van der Waals surface area contributed by atoms with E-state index in [-0.39, 0.29) is 12.1 Å². The minimum absolute atomic E-state index is 0.0721. The van der Waals surface area contributed by atoms with Crippen molar-refractivity contribution in [2.24, 2.45) is 5.92 Å². The van der Waals surface area contributed by atoms with E-state index < -0.39 is 5.60 Å². The number of alkyl carbamates (subject to hydrolysis) is 1. The highest BCUT2D eigenvalue weighted by atomic mass is 16.6. The molecule has 1 N–H and O–H groups in total. The molecule has 1 aromatic heterocycles. The lowest BCUT2D eigenvalue weighted by atomic mass is 10.1. The molecule has 2 aromatic rings. The Kier molecular flexibility index (Phi) is 4.58. The molecule has 2 unspecified atom stereocenters. The maximum Gasteiger partial charge on any atom is 0.407 e. The predicted molar refractivity (Wildman–Crippen MR) is 101 cm³/mol. The van der Waals surface area contributed by atoms with Crippen molar-refractivity contribution in [2.45, 2.75) is 46.3 Å². The summed E-state index contributed by atoms with van der Waals surface area (Å²) in [5.41, 5.74) is 2.91. The second-order valence-electron chi connectivity index (χ2n) is 7.94. The summed E-state index contributed by atoms with van der Waals surface area (Å²) in [6.07, 6.45) is 1.49. The summed E-state index contributed by atoms with van der Waals surface area (Å²) in [6, 6.07) is 8.43. The van der Waals surface area contributed by atoms with Gasteiger partial charge >= 0.3 is 6.09 Å². The third-order valence-corrected chi connectivity index (χ3v) is 4.60. The third-order valence-electron chi connectivity index (χ3n) is 4.60.